The first-order valence-corrected chi connectivity index (χ1v) is 5.25. The highest BCUT2D eigenvalue weighted by Gasteiger charge is 2.11. The first-order valence-electron chi connectivity index (χ1n) is 5.25. The van der Waals surface area contributed by atoms with Gasteiger partial charge in [0.2, 0.25) is 0 Å². The fourth-order valence-electron chi connectivity index (χ4n) is 1.52. The van der Waals surface area contributed by atoms with E-state index in [1.54, 1.807) is 12.1 Å². The molecule has 0 aliphatic rings. The van der Waals surface area contributed by atoms with Crippen LogP contribution in [0.15, 0.2) is 42.5 Å². The van der Waals surface area contributed by atoms with Gasteiger partial charge < -0.3 is 21.3 Å². The van der Waals surface area contributed by atoms with E-state index in [0.29, 0.717) is 5.69 Å². The van der Waals surface area contributed by atoms with E-state index in [4.69, 9.17) is 5.73 Å². The number of amides is 1. The van der Waals surface area contributed by atoms with Gasteiger partial charge in [0, 0.05) is 17.4 Å². The van der Waals surface area contributed by atoms with Crippen LogP contribution in [0.25, 0.3) is 0 Å². The molecule has 2 aromatic rings. The van der Waals surface area contributed by atoms with Gasteiger partial charge >= 0.3 is 0 Å². The molecule has 0 fully saturated rings. The second kappa shape index (κ2) is 4.67. The first kappa shape index (κ1) is 11.8. The summed E-state index contributed by atoms with van der Waals surface area (Å²) in [6, 6.07) is 10.3. The number of anilines is 2. The Kier molecular flexibility index (Phi) is 3.05. The van der Waals surface area contributed by atoms with Gasteiger partial charge in [0.1, 0.15) is 11.5 Å². The Morgan fingerprint density at radius 1 is 1.06 bits per heavy atom. The molecule has 0 radical (unpaired) electrons. The minimum atomic E-state index is -0.450. The molecule has 0 unspecified atom stereocenters. The number of phenolic OH excluding ortho intramolecular Hbond substituents is 2. The molecule has 0 aliphatic heterocycles. The van der Waals surface area contributed by atoms with Gasteiger partial charge in [-0.05, 0) is 30.3 Å². The molecule has 2 aromatic carbocycles. The number of benzene rings is 2. The molecule has 92 valence electrons. The van der Waals surface area contributed by atoms with Crippen molar-refractivity contribution in [1.29, 1.82) is 0 Å². The summed E-state index contributed by atoms with van der Waals surface area (Å²) in [4.78, 5) is 11.9. The average molecular weight is 244 g/mol. The lowest BCUT2D eigenvalue weighted by molar-refractivity contribution is 0.102. The second-order valence-corrected chi connectivity index (χ2v) is 3.78. The first-order chi connectivity index (χ1) is 8.56. The van der Waals surface area contributed by atoms with Crippen LogP contribution >= 0.6 is 0 Å². The maximum Gasteiger partial charge on any atom is 0.257 e. The van der Waals surface area contributed by atoms with Crippen molar-refractivity contribution in [2.45, 2.75) is 0 Å². The highest BCUT2D eigenvalue weighted by Crippen LogP contribution is 2.21. The van der Waals surface area contributed by atoms with E-state index < -0.39 is 5.91 Å². The topological polar surface area (TPSA) is 95.6 Å². The van der Waals surface area contributed by atoms with E-state index >= 15 is 0 Å². The van der Waals surface area contributed by atoms with Crippen molar-refractivity contribution in [3.8, 4) is 11.5 Å². The summed E-state index contributed by atoms with van der Waals surface area (Å²) in [7, 11) is 0. The fourth-order valence-corrected chi connectivity index (χ4v) is 1.52. The average Bonchev–Trinajstić information content (AvgIpc) is 2.32. The molecule has 0 bridgehead atoms. The largest absolute Gasteiger partial charge is 0.508 e. The summed E-state index contributed by atoms with van der Waals surface area (Å²) in [6.45, 7) is 0. The number of hydrogen-bond donors (Lipinski definition) is 4. The Morgan fingerprint density at radius 3 is 2.50 bits per heavy atom. The molecule has 0 saturated carbocycles. The van der Waals surface area contributed by atoms with Crippen LogP contribution in [0.3, 0.4) is 0 Å². The molecule has 0 atom stereocenters. The molecule has 0 saturated heterocycles. The van der Waals surface area contributed by atoms with Crippen LogP contribution in [-0.4, -0.2) is 16.1 Å². The molecule has 2 rings (SSSR count). The molecule has 0 aliphatic carbocycles. The highest BCUT2D eigenvalue weighted by molar-refractivity contribution is 6.08. The van der Waals surface area contributed by atoms with Crippen LogP contribution in [-0.2, 0) is 0 Å². The van der Waals surface area contributed by atoms with Crippen molar-refractivity contribution in [2.75, 3.05) is 11.1 Å². The van der Waals surface area contributed by atoms with Gasteiger partial charge in [-0.15, -0.1) is 0 Å². The maximum atomic E-state index is 11.9. The van der Waals surface area contributed by atoms with E-state index in [9.17, 15) is 15.0 Å². The van der Waals surface area contributed by atoms with E-state index in [1.807, 2.05) is 0 Å². The van der Waals surface area contributed by atoms with E-state index in [2.05, 4.69) is 5.32 Å². The smallest absolute Gasteiger partial charge is 0.257 e. The predicted octanol–water partition coefficient (Wildman–Crippen LogP) is 1.93. The molecule has 5 heteroatoms. The molecular weight excluding hydrogens is 232 g/mol. The molecule has 1 amide bonds. The normalized spacial score (nSPS) is 10.0. The summed E-state index contributed by atoms with van der Waals surface area (Å²) in [5.41, 5.74) is 6.55. The molecule has 5 N–H and O–H groups in total. The fraction of sp³-hybridized carbons (Fsp3) is 0. The second-order valence-electron chi connectivity index (χ2n) is 3.78. The molecule has 18 heavy (non-hydrogen) atoms. The van der Waals surface area contributed by atoms with Crippen molar-refractivity contribution in [2.24, 2.45) is 0 Å². The van der Waals surface area contributed by atoms with Gasteiger partial charge in [0.25, 0.3) is 5.91 Å². The Hall–Kier alpha value is -2.69. The molecular formula is C13H12N2O3. The van der Waals surface area contributed by atoms with Gasteiger partial charge in [-0.2, -0.15) is 0 Å². The monoisotopic (exact) mass is 244 g/mol. The Morgan fingerprint density at radius 2 is 1.78 bits per heavy atom. The standard InChI is InChI=1S/C13H12N2O3/c14-12-5-4-10(17)7-11(12)13(18)15-8-2-1-3-9(16)6-8/h1-7,16-17H,14H2,(H,15,18). The Bertz CT molecular complexity index is 597. The number of aromatic hydroxyl groups is 2. The maximum absolute atomic E-state index is 11.9. The van der Waals surface area contributed by atoms with Crippen molar-refractivity contribution in [3.63, 3.8) is 0 Å². The van der Waals surface area contributed by atoms with Crippen molar-refractivity contribution >= 4 is 17.3 Å². The van der Waals surface area contributed by atoms with E-state index in [1.165, 1.54) is 30.3 Å². The van der Waals surface area contributed by atoms with E-state index in [0.717, 1.165) is 0 Å². The number of carbonyl (C=O) groups excluding carboxylic acids is 1. The lowest BCUT2D eigenvalue weighted by Gasteiger charge is -2.08. The summed E-state index contributed by atoms with van der Waals surface area (Å²) in [6.07, 6.45) is 0. The third-order valence-corrected chi connectivity index (χ3v) is 2.39. The molecule has 5 nitrogen and oxygen atoms in total. The minimum Gasteiger partial charge on any atom is -0.508 e. The van der Waals surface area contributed by atoms with Crippen molar-refractivity contribution in [1.82, 2.24) is 0 Å². The van der Waals surface area contributed by atoms with Crippen LogP contribution in [0.5, 0.6) is 11.5 Å². The number of nitrogens with two attached hydrogens (primary N) is 1. The lowest BCUT2D eigenvalue weighted by Crippen LogP contribution is -2.13. The highest BCUT2D eigenvalue weighted by atomic mass is 16.3. The third kappa shape index (κ3) is 2.52. The lowest BCUT2D eigenvalue weighted by atomic mass is 10.1. The van der Waals surface area contributed by atoms with Crippen LogP contribution in [0.1, 0.15) is 10.4 Å². The zero-order chi connectivity index (χ0) is 13.1. The summed E-state index contributed by atoms with van der Waals surface area (Å²) in [5, 5.41) is 21.2. The quantitative estimate of drug-likeness (QED) is 0.479. The minimum absolute atomic E-state index is 0.0368. The number of rotatable bonds is 2. The summed E-state index contributed by atoms with van der Waals surface area (Å²) in [5.74, 6) is -0.434. The SMILES string of the molecule is Nc1ccc(O)cc1C(=O)Nc1cccc(O)c1. The van der Waals surface area contributed by atoms with Crippen molar-refractivity contribution in [3.05, 3.63) is 48.0 Å². The number of phenols is 2. The van der Waals surface area contributed by atoms with Crippen molar-refractivity contribution < 1.29 is 15.0 Å². The molecule has 0 spiro atoms. The van der Waals surface area contributed by atoms with Gasteiger partial charge in [0.15, 0.2) is 0 Å². The number of hydrogen-bond acceptors (Lipinski definition) is 4. The zero-order valence-corrected chi connectivity index (χ0v) is 9.42. The number of carbonyl (C=O) groups is 1. The van der Waals surface area contributed by atoms with Gasteiger partial charge in [-0.25, -0.2) is 0 Å². The molecule has 0 heterocycles. The number of nitrogens with one attached hydrogen (secondary N) is 1. The van der Waals surface area contributed by atoms with Crippen LogP contribution in [0.2, 0.25) is 0 Å². The van der Waals surface area contributed by atoms with Crippen LogP contribution < -0.4 is 11.1 Å². The zero-order valence-electron chi connectivity index (χ0n) is 9.42. The predicted molar refractivity (Wildman–Crippen MR) is 68.6 cm³/mol. The Balaban J connectivity index is 2.24. The van der Waals surface area contributed by atoms with Crippen LogP contribution in [0.4, 0.5) is 11.4 Å². The summed E-state index contributed by atoms with van der Waals surface area (Å²) >= 11 is 0. The van der Waals surface area contributed by atoms with Gasteiger partial charge in [0.05, 0.1) is 5.56 Å². The van der Waals surface area contributed by atoms with E-state index in [-0.39, 0.29) is 22.7 Å². The number of nitrogen functional groups attached to an aromatic ring is 1. The van der Waals surface area contributed by atoms with Gasteiger partial charge in [-0.3, -0.25) is 4.79 Å². The van der Waals surface area contributed by atoms with Crippen LogP contribution in [0, 0.1) is 0 Å². The van der Waals surface area contributed by atoms with Gasteiger partial charge in [-0.1, -0.05) is 6.07 Å². The molecule has 0 aromatic heterocycles. The Labute approximate surface area is 103 Å². The third-order valence-electron chi connectivity index (χ3n) is 2.39. The summed E-state index contributed by atoms with van der Waals surface area (Å²) < 4.78 is 0.